The van der Waals surface area contributed by atoms with Crippen molar-refractivity contribution in [1.82, 2.24) is 9.80 Å². The summed E-state index contributed by atoms with van der Waals surface area (Å²) in [5, 5.41) is 0. The number of piperazine rings is 1. The van der Waals surface area contributed by atoms with Crippen LogP contribution < -0.4 is 0 Å². The van der Waals surface area contributed by atoms with E-state index in [4.69, 9.17) is 4.74 Å². The first-order chi connectivity index (χ1) is 9.33. The van der Waals surface area contributed by atoms with E-state index in [9.17, 15) is 9.59 Å². The number of rotatable bonds is 4. The Hall–Kier alpha value is -1.26. The molecule has 1 radical (unpaired) electrons. The van der Waals surface area contributed by atoms with Crippen LogP contribution in [0.15, 0.2) is 0 Å². The van der Waals surface area contributed by atoms with Gasteiger partial charge < -0.3 is 14.5 Å². The van der Waals surface area contributed by atoms with Crippen LogP contribution in [0.3, 0.4) is 0 Å². The van der Waals surface area contributed by atoms with Gasteiger partial charge in [0.1, 0.15) is 0 Å². The topological polar surface area (TPSA) is 49.9 Å². The third kappa shape index (κ3) is 5.80. The number of carbonyl (C=O) groups excluding carboxylic acids is 2. The Bertz CT molecular complexity index is 329. The minimum atomic E-state index is -0.259. The highest BCUT2D eigenvalue weighted by molar-refractivity contribution is 5.85. The second-order valence-electron chi connectivity index (χ2n) is 6.29. The third-order valence-electron chi connectivity index (χ3n) is 3.13. The highest BCUT2D eigenvalue weighted by Crippen LogP contribution is 2.19. The summed E-state index contributed by atoms with van der Waals surface area (Å²) in [6.45, 7) is 10.8. The van der Waals surface area contributed by atoms with Crippen LogP contribution in [-0.2, 0) is 9.53 Å². The molecule has 1 heterocycles. The number of hydrogen-bond donors (Lipinski definition) is 0. The van der Waals surface area contributed by atoms with Crippen LogP contribution in [-0.4, -0.2) is 54.6 Å². The van der Waals surface area contributed by atoms with Crippen LogP contribution in [0.1, 0.15) is 40.5 Å². The van der Waals surface area contributed by atoms with Gasteiger partial charge in [-0.3, -0.25) is 4.79 Å². The van der Waals surface area contributed by atoms with Crippen LogP contribution in [0.2, 0.25) is 0 Å². The maximum atomic E-state index is 12.0. The summed E-state index contributed by atoms with van der Waals surface area (Å²) in [6.07, 6.45) is 3.39. The zero-order valence-corrected chi connectivity index (χ0v) is 13.1. The molecule has 0 saturated carbocycles. The molecule has 0 unspecified atom stereocenters. The molecule has 0 spiro atoms. The molecule has 0 aromatic rings. The maximum Gasteiger partial charge on any atom is 0.409 e. The van der Waals surface area contributed by atoms with Gasteiger partial charge in [0, 0.05) is 26.2 Å². The van der Waals surface area contributed by atoms with Crippen LogP contribution in [0.25, 0.3) is 0 Å². The van der Waals surface area contributed by atoms with Gasteiger partial charge in [-0.25, -0.2) is 4.79 Å². The Morgan fingerprint density at radius 1 is 1.10 bits per heavy atom. The molecule has 1 rings (SSSR count). The Morgan fingerprint density at radius 2 is 1.65 bits per heavy atom. The number of hydrogen-bond acceptors (Lipinski definition) is 3. The molecule has 20 heavy (non-hydrogen) atoms. The van der Waals surface area contributed by atoms with Crippen molar-refractivity contribution in [2.75, 3.05) is 32.8 Å². The summed E-state index contributed by atoms with van der Waals surface area (Å²) < 4.78 is 5.17. The fourth-order valence-corrected chi connectivity index (χ4v) is 1.97. The van der Waals surface area contributed by atoms with E-state index in [1.807, 2.05) is 20.8 Å². The van der Waals surface area contributed by atoms with Gasteiger partial charge in [-0.2, -0.15) is 0 Å². The van der Waals surface area contributed by atoms with Gasteiger partial charge >= 0.3 is 6.09 Å². The van der Waals surface area contributed by atoms with Crippen molar-refractivity contribution in [2.45, 2.75) is 40.5 Å². The molecule has 0 atom stereocenters. The summed E-state index contributed by atoms with van der Waals surface area (Å²) in [6, 6.07) is 0. The van der Waals surface area contributed by atoms with Gasteiger partial charge in [0.25, 0.3) is 0 Å². The number of carbonyl (C=O) groups is 2. The lowest BCUT2D eigenvalue weighted by Crippen LogP contribution is -2.51. The molecular weight excluding hydrogens is 256 g/mol. The van der Waals surface area contributed by atoms with E-state index in [2.05, 4.69) is 6.92 Å². The molecule has 1 saturated heterocycles. The molecule has 0 aromatic heterocycles. The number of ether oxygens (including phenoxy) is 1. The molecule has 0 aliphatic carbocycles. The van der Waals surface area contributed by atoms with E-state index in [-0.39, 0.29) is 17.4 Å². The van der Waals surface area contributed by atoms with E-state index in [1.54, 1.807) is 16.2 Å². The summed E-state index contributed by atoms with van der Waals surface area (Å²) in [5.41, 5.74) is -0.118. The van der Waals surface area contributed by atoms with Gasteiger partial charge in [0.05, 0.1) is 13.0 Å². The molecule has 115 valence electrons. The van der Waals surface area contributed by atoms with Crippen molar-refractivity contribution in [3.63, 3.8) is 0 Å². The standard InChI is InChI=1S/C15H27N2O3/c1-5-6-11-20-14(19)17-9-7-16(8-10-17)13(18)12-15(2,3)4/h12H,5-11H2,1-4H3. The lowest BCUT2D eigenvalue weighted by atomic mass is 9.91. The Balaban J connectivity index is 2.32. The van der Waals surface area contributed by atoms with Crippen molar-refractivity contribution in [1.29, 1.82) is 0 Å². The molecule has 0 N–H and O–H groups in total. The first kappa shape index (κ1) is 16.8. The minimum absolute atomic E-state index is 0.0523. The highest BCUT2D eigenvalue weighted by atomic mass is 16.6. The third-order valence-corrected chi connectivity index (χ3v) is 3.13. The summed E-state index contributed by atoms with van der Waals surface area (Å²) in [7, 11) is 0. The first-order valence-corrected chi connectivity index (χ1v) is 7.40. The van der Waals surface area contributed by atoms with Gasteiger partial charge in [-0.15, -0.1) is 0 Å². The van der Waals surface area contributed by atoms with Gasteiger partial charge in [-0.1, -0.05) is 34.1 Å². The molecular formula is C15H27N2O3. The van der Waals surface area contributed by atoms with E-state index < -0.39 is 0 Å². The van der Waals surface area contributed by atoms with E-state index >= 15 is 0 Å². The van der Waals surface area contributed by atoms with Crippen molar-refractivity contribution in [3.05, 3.63) is 6.42 Å². The lowest BCUT2D eigenvalue weighted by Gasteiger charge is -2.35. The van der Waals surface area contributed by atoms with Gasteiger partial charge in [-0.05, 0) is 11.8 Å². The molecule has 5 heteroatoms. The molecule has 0 aromatic carbocycles. The smallest absolute Gasteiger partial charge is 0.409 e. The Morgan fingerprint density at radius 3 is 2.15 bits per heavy atom. The largest absolute Gasteiger partial charge is 0.449 e. The summed E-state index contributed by atoms with van der Waals surface area (Å²) in [4.78, 5) is 27.3. The van der Waals surface area contributed by atoms with Crippen molar-refractivity contribution < 1.29 is 14.3 Å². The van der Waals surface area contributed by atoms with Crippen LogP contribution >= 0.6 is 0 Å². The number of amides is 2. The van der Waals surface area contributed by atoms with E-state index in [0.29, 0.717) is 32.8 Å². The predicted octanol–water partition coefficient (Wildman–Crippen LogP) is 2.32. The van der Waals surface area contributed by atoms with Gasteiger partial charge in [0.2, 0.25) is 5.91 Å². The van der Waals surface area contributed by atoms with Crippen LogP contribution in [0, 0.1) is 11.8 Å². The summed E-state index contributed by atoms with van der Waals surface area (Å²) >= 11 is 0. The fourth-order valence-electron chi connectivity index (χ4n) is 1.97. The molecule has 1 aliphatic heterocycles. The van der Waals surface area contributed by atoms with Crippen molar-refractivity contribution in [2.24, 2.45) is 5.41 Å². The molecule has 5 nitrogen and oxygen atoms in total. The monoisotopic (exact) mass is 283 g/mol. The van der Waals surface area contributed by atoms with Crippen LogP contribution in [0.5, 0.6) is 0 Å². The Kier molecular flexibility index (Phi) is 6.30. The fraction of sp³-hybridized carbons (Fsp3) is 0.800. The lowest BCUT2D eigenvalue weighted by molar-refractivity contribution is -0.130. The average molecular weight is 283 g/mol. The summed E-state index contributed by atoms with van der Waals surface area (Å²) in [5.74, 6) is 0.0523. The van der Waals surface area contributed by atoms with Crippen LogP contribution in [0.4, 0.5) is 4.79 Å². The van der Waals surface area contributed by atoms with Crippen molar-refractivity contribution >= 4 is 12.0 Å². The minimum Gasteiger partial charge on any atom is -0.449 e. The second kappa shape index (κ2) is 7.50. The van der Waals surface area contributed by atoms with E-state index in [1.165, 1.54) is 0 Å². The van der Waals surface area contributed by atoms with Crippen molar-refractivity contribution in [3.8, 4) is 0 Å². The number of nitrogens with zero attached hydrogens (tertiary/aromatic N) is 2. The molecule has 2 amide bonds. The normalized spacial score (nSPS) is 16.2. The van der Waals surface area contributed by atoms with Gasteiger partial charge in [0.15, 0.2) is 0 Å². The average Bonchev–Trinajstić information content (AvgIpc) is 2.37. The predicted molar refractivity (Wildman–Crippen MR) is 78.2 cm³/mol. The molecule has 1 fully saturated rings. The quantitative estimate of drug-likeness (QED) is 0.744. The molecule has 1 aliphatic rings. The first-order valence-electron chi connectivity index (χ1n) is 7.40. The maximum absolute atomic E-state index is 12.0. The zero-order chi connectivity index (χ0) is 15.2. The second-order valence-corrected chi connectivity index (χ2v) is 6.29. The van der Waals surface area contributed by atoms with E-state index in [0.717, 1.165) is 12.8 Å². The zero-order valence-electron chi connectivity index (χ0n) is 13.1. The SMILES string of the molecule is CCCCOC(=O)N1CCN(C(=O)[CH]C(C)(C)C)CC1. The Labute approximate surface area is 122 Å². The highest BCUT2D eigenvalue weighted by Gasteiger charge is 2.27. The number of unbranched alkanes of at least 4 members (excludes halogenated alkanes) is 1. The molecule has 0 bridgehead atoms.